The van der Waals surface area contributed by atoms with Gasteiger partial charge in [0.15, 0.2) is 0 Å². The third-order valence-electron chi connectivity index (χ3n) is 4.96. The molecule has 0 bridgehead atoms. The lowest BCUT2D eigenvalue weighted by Gasteiger charge is -2.32. The van der Waals surface area contributed by atoms with Gasteiger partial charge in [-0.1, -0.05) is 19.3 Å². The van der Waals surface area contributed by atoms with Gasteiger partial charge in [0.25, 0.3) is 16.8 Å². The molecule has 1 aromatic rings. The van der Waals surface area contributed by atoms with E-state index in [9.17, 15) is 19.7 Å². The second-order valence-electron chi connectivity index (χ2n) is 6.54. The van der Waals surface area contributed by atoms with E-state index in [1.165, 1.54) is 23.5 Å². The second kappa shape index (κ2) is 7.39. The fourth-order valence-corrected chi connectivity index (χ4v) is 4.42. The number of thioether (sulfide) groups is 1. The van der Waals surface area contributed by atoms with Crippen LogP contribution < -0.4 is 0 Å². The summed E-state index contributed by atoms with van der Waals surface area (Å²) in [5, 5.41) is 10.5. The number of carbonyl (C=O) groups excluding carboxylic acids is 2. The first-order valence-electron chi connectivity index (χ1n) is 8.49. The normalized spacial score (nSPS) is 21.8. The Kier molecular flexibility index (Phi) is 5.22. The minimum absolute atomic E-state index is 0.00354. The largest absolute Gasteiger partial charge is 0.293 e. The van der Waals surface area contributed by atoms with Crippen LogP contribution in [0.1, 0.15) is 44.6 Å². The molecule has 1 heterocycles. The lowest BCUT2D eigenvalue weighted by atomic mass is 9.84. The lowest BCUT2D eigenvalue weighted by molar-refractivity contribution is -0.384. The quantitative estimate of drug-likeness (QED) is 0.445. The van der Waals surface area contributed by atoms with Crippen LogP contribution in [-0.2, 0) is 4.79 Å². The van der Waals surface area contributed by atoms with E-state index in [4.69, 9.17) is 0 Å². The molecule has 25 heavy (non-hydrogen) atoms. The average Bonchev–Trinajstić information content (AvgIpc) is 2.89. The van der Waals surface area contributed by atoms with Crippen molar-refractivity contribution >= 4 is 34.7 Å². The van der Waals surface area contributed by atoms with Crippen LogP contribution in [0.25, 0.3) is 6.08 Å². The minimum Gasteiger partial charge on any atom is -0.268 e. The number of rotatable bonds is 4. The zero-order valence-corrected chi connectivity index (χ0v) is 14.8. The molecule has 0 N–H and O–H groups in total. The number of hydrogen-bond donors (Lipinski definition) is 0. The van der Waals surface area contributed by atoms with Gasteiger partial charge in [-0.2, -0.15) is 0 Å². The highest BCUT2D eigenvalue weighted by molar-refractivity contribution is 8.18. The first-order valence-corrected chi connectivity index (χ1v) is 9.30. The fraction of sp³-hybridized carbons (Fsp3) is 0.444. The van der Waals surface area contributed by atoms with Crippen molar-refractivity contribution in [1.29, 1.82) is 0 Å². The Bertz CT molecular complexity index is 723. The van der Waals surface area contributed by atoms with Crippen molar-refractivity contribution in [3.8, 4) is 0 Å². The molecule has 0 spiro atoms. The van der Waals surface area contributed by atoms with Gasteiger partial charge < -0.3 is 0 Å². The summed E-state index contributed by atoms with van der Waals surface area (Å²) in [6.45, 7) is 1.96. The summed E-state index contributed by atoms with van der Waals surface area (Å²) >= 11 is 0.944. The molecule has 1 saturated carbocycles. The van der Waals surface area contributed by atoms with E-state index in [1.54, 1.807) is 18.2 Å². The Labute approximate surface area is 150 Å². The molecular formula is C18H20N2O4S. The molecule has 6 nitrogen and oxygen atoms in total. The third kappa shape index (κ3) is 3.76. The number of amides is 2. The van der Waals surface area contributed by atoms with E-state index in [2.05, 4.69) is 0 Å². The maximum atomic E-state index is 12.7. The Morgan fingerprint density at radius 3 is 2.44 bits per heavy atom. The molecule has 2 amide bonds. The molecule has 132 valence electrons. The van der Waals surface area contributed by atoms with Crippen LogP contribution in [-0.4, -0.2) is 27.0 Å². The Balaban J connectivity index is 1.76. The molecule has 2 fully saturated rings. The van der Waals surface area contributed by atoms with Crippen molar-refractivity contribution in [2.75, 3.05) is 0 Å². The Morgan fingerprint density at radius 1 is 1.20 bits per heavy atom. The smallest absolute Gasteiger partial charge is 0.268 e. The molecule has 1 atom stereocenters. The predicted octanol–water partition coefficient (Wildman–Crippen LogP) is 4.60. The van der Waals surface area contributed by atoms with Gasteiger partial charge in [-0.05, 0) is 61.2 Å². The summed E-state index contributed by atoms with van der Waals surface area (Å²) in [6, 6.07) is 5.85. The maximum Gasteiger partial charge on any atom is 0.293 e. The van der Waals surface area contributed by atoms with E-state index in [0.29, 0.717) is 16.4 Å². The number of nitrogens with zero attached hydrogens (tertiary/aromatic N) is 2. The van der Waals surface area contributed by atoms with Gasteiger partial charge in [0, 0.05) is 18.2 Å². The van der Waals surface area contributed by atoms with Gasteiger partial charge in [0.05, 0.1) is 9.83 Å². The SMILES string of the molecule is CC(C1CCCCC1)N1C(=O)SC(=Cc2ccc([N+](=O)[O-])cc2)C1=O. The van der Waals surface area contributed by atoms with Crippen LogP contribution in [0.4, 0.5) is 10.5 Å². The van der Waals surface area contributed by atoms with Gasteiger partial charge in [-0.15, -0.1) is 0 Å². The fourth-order valence-electron chi connectivity index (χ4n) is 3.50. The molecule has 0 aromatic heterocycles. The molecule has 0 radical (unpaired) electrons. The molecule has 1 aliphatic carbocycles. The van der Waals surface area contributed by atoms with Crippen LogP contribution in [0.5, 0.6) is 0 Å². The first kappa shape index (κ1) is 17.7. The zero-order valence-electron chi connectivity index (χ0n) is 14.0. The number of nitro groups is 1. The van der Waals surface area contributed by atoms with Gasteiger partial charge in [0.1, 0.15) is 0 Å². The molecular weight excluding hydrogens is 340 g/mol. The van der Waals surface area contributed by atoms with Crippen LogP contribution in [0.2, 0.25) is 0 Å². The molecule has 7 heteroatoms. The maximum absolute atomic E-state index is 12.7. The minimum atomic E-state index is -0.469. The average molecular weight is 360 g/mol. The number of imide groups is 1. The van der Waals surface area contributed by atoms with Crippen molar-refractivity contribution in [3.05, 3.63) is 44.8 Å². The highest BCUT2D eigenvalue weighted by Gasteiger charge is 2.40. The monoisotopic (exact) mass is 360 g/mol. The van der Waals surface area contributed by atoms with E-state index in [-0.39, 0.29) is 22.9 Å². The number of nitro benzene ring substituents is 1. The topological polar surface area (TPSA) is 80.5 Å². The van der Waals surface area contributed by atoms with Gasteiger partial charge in [0.2, 0.25) is 0 Å². The predicted molar refractivity (Wildman–Crippen MR) is 96.9 cm³/mol. The van der Waals surface area contributed by atoms with Crippen molar-refractivity contribution < 1.29 is 14.5 Å². The van der Waals surface area contributed by atoms with E-state index in [1.807, 2.05) is 6.92 Å². The zero-order chi connectivity index (χ0) is 18.0. The standard InChI is InChI=1S/C18H20N2O4S/c1-12(14-5-3-2-4-6-14)19-17(21)16(25-18(19)22)11-13-7-9-15(10-8-13)20(23)24/h7-12,14H,2-6H2,1H3. The van der Waals surface area contributed by atoms with Crippen molar-refractivity contribution in [2.45, 2.75) is 45.1 Å². The van der Waals surface area contributed by atoms with Crippen LogP contribution >= 0.6 is 11.8 Å². The van der Waals surface area contributed by atoms with E-state index < -0.39 is 4.92 Å². The number of benzene rings is 1. The van der Waals surface area contributed by atoms with E-state index in [0.717, 1.165) is 37.4 Å². The van der Waals surface area contributed by atoms with E-state index >= 15 is 0 Å². The molecule has 1 aliphatic heterocycles. The Hall–Kier alpha value is -2.15. The molecule has 1 unspecified atom stereocenters. The molecule has 3 rings (SSSR count). The van der Waals surface area contributed by atoms with Crippen LogP contribution in [0.15, 0.2) is 29.2 Å². The van der Waals surface area contributed by atoms with Crippen LogP contribution in [0.3, 0.4) is 0 Å². The highest BCUT2D eigenvalue weighted by Crippen LogP contribution is 2.38. The number of hydrogen-bond acceptors (Lipinski definition) is 5. The van der Waals surface area contributed by atoms with Crippen molar-refractivity contribution in [1.82, 2.24) is 4.90 Å². The summed E-state index contributed by atoms with van der Waals surface area (Å²) in [5.41, 5.74) is 0.664. The molecule has 2 aliphatic rings. The van der Waals surface area contributed by atoms with Crippen molar-refractivity contribution in [2.24, 2.45) is 5.92 Å². The lowest BCUT2D eigenvalue weighted by Crippen LogP contribution is -2.42. The van der Waals surface area contributed by atoms with Crippen molar-refractivity contribution in [3.63, 3.8) is 0 Å². The molecule has 1 saturated heterocycles. The Morgan fingerprint density at radius 2 is 1.84 bits per heavy atom. The van der Waals surface area contributed by atoms with Gasteiger partial charge >= 0.3 is 0 Å². The van der Waals surface area contributed by atoms with Gasteiger partial charge in [-0.3, -0.25) is 24.6 Å². The number of carbonyl (C=O) groups is 2. The summed E-state index contributed by atoms with van der Waals surface area (Å²) < 4.78 is 0. The summed E-state index contributed by atoms with van der Waals surface area (Å²) in [6.07, 6.45) is 7.29. The van der Waals surface area contributed by atoms with Gasteiger partial charge in [-0.25, -0.2) is 0 Å². The third-order valence-corrected chi connectivity index (χ3v) is 5.85. The summed E-state index contributed by atoms with van der Waals surface area (Å²) in [7, 11) is 0. The molecule has 1 aromatic carbocycles. The summed E-state index contributed by atoms with van der Waals surface area (Å²) in [5.74, 6) is 0.118. The van der Waals surface area contributed by atoms with Crippen LogP contribution in [0, 0.1) is 16.0 Å². The first-order chi connectivity index (χ1) is 12.0. The second-order valence-corrected chi connectivity index (χ2v) is 7.53. The number of non-ortho nitro benzene ring substituents is 1. The summed E-state index contributed by atoms with van der Waals surface area (Å²) in [4.78, 5) is 37.0. The highest BCUT2D eigenvalue weighted by atomic mass is 32.2.